The van der Waals surface area contributed by atoms with E-state index >= 15 is 0 Å². The van der Waals surface area contributed by atoms with Gasteiger partial charge in [0.05, 0.1) is 5.92 Å². The molecule has 0 spiro atoms. The fourth-order valence-corrected chi connectivity index (χ4v) is 2.12. The van der Waals surface area contributed by atoms with Gasteiger partial charge in [-0.3, -0.25) is 4.79 Å². The summed E-state index contributed by atoms with van der Waals surface area (Å²) in [5, 5.41) is 3.27. The van der Waals surface area contributed by atoms with Crippen LogP contribution >= 0.6 is 11.5 Å². The molecule has 1 atom stereocenters. The first-order valence-corrected chi connectivity index (χ1v) is 6.30. The van der Waals surface area contributed by atoms with Crippen LogP contribution in [0.2, 0.25) is 0 Å². The highest BCUT2D eigenvalue weighted by molar-refractivity contribution is 7.09. The Morgan fingerprint density at radius 1 is 1.50 bits per heavy atom. The van der Waals surface area contributed by atoms with Crippen LogP contribution in [0.4, 0.5) is 10.8 Å². The first-order chi connectivity index (χ1) is 8.56. The van der Waals surface area contributed by atoms with Crippen LogP contribution in [0.15, 0.2) is 24.3 Å². The molecule has 0 radical (unpaired) electrons. The van der Waals surface area contributed by atoms with Crippen molar-refractivity contribution in [1.82, 2.24) is 9.36 Å². The maximum absolute atomic E-state index is 12.0. The topological polar surface area (TPSA) is 80.9 Å². The van der Waals surface area contributed by atoms with Crippen molar-refractivity contribution in [3.63, 3.8) is 0 Å². The standard InChI is InChI=1S/C12H14N4OS/c1-7(9-4-3-5-10(13)6-9)11(17)15-12-14-8(2)16-18-12/h3-7H,13H2,1-2H3,(H,14,15,16,17). The van der Waals surface area contributed by atoms with Gasteiger partial charge in [-0.15, -0.1) is 0 Å². The van der Waals surface area contributed by atoms with Gasteiger partial charge >= 0.3 is 0 Å². The third-order valence-corrected chi connectivity index (χ3v) is 3.28. The van der Waals surface area contributed by atoms with E-state index in [0.717, 1.165) is 5.56 Å². The van der Waals surface area contributed by atoms with Gasteiger partial charge in [0.15, 0.2) is 0 Å². The van der Waals surface area contributed by atoms with E-state index in [0.29, 0.717) is 16.6 Å². The molecule has 0 aliphatic carbocycles. The van der Waals surface area contributed by atoms with Crippen molar-refractivity contribution in [2.45, 2.75) is 19.8 Å². The minimum atomic E-state index is -0.280. The first-order valence-electron chi connectivity index (χ1n) is 5.53. The van der Waals surface area contributed by atoms with Crippen molar-refractivity contribution in [2.75, 3.05) is 11.1 Å². The van der Waals surface area contributed by atoms with E-state index < -0.39 is 0 Å². The normalized spacial score (nSPS) is 12.1. The predicted octanol–water partition coefficient (Wildman–Crippen LogP) is 2.17. The largest absolute Gasteiger partial charge is 0.399 e. The summed E-state index contributed by atoms with van der Waals surface area (Å²) in [4.78, 5) is 16.1. The van der Waals surface area contributed by atoms with Crippen molar-refractivity contribution in [3.8, 4) is 0 Å². The number of hydrogen-bond acceptors (Lipinski definition) is 5. The summed E-state index contributed by atoms with van der Waals surface area (Å²) in [6.07, 6.45) is 0. The second-order valence-corrected chi connectivity index (χ2v) is 4.78. The van der Waals surface area contributed by atoms with Gasteiger partial charge in [-0.2, -0.15) is 4.37 Å². The van der Waals surface area contributed by atoms with Gasteiger partial charge < -0.3 is 11.1 Å². The van der Waals surface area contributed by atoms with Crippen molar-refractivity contribution >= 4 is 28.3 Å². The number of benzene rings is 1. The molecule has 2 rings (SSSR count). The van der Waals surface area contributed by atoms with Crippen LogP contribution in [-0.2, 0) is 4.79 Å². The number of anilines is 2. The lowest BCUT2D eigenvalue weighted by Crippen LogP contribution is -2.18. The molecule has 0 bridgehead atoms. The second-order valence-electron chi connectivity index (χ2n) is 4.03. The predicted molar refractivity (Wildman–Crippen MR) is 72.5 cm³/mol. The zero-order chi connectivity index (χ0) is 13.1. The highest BCUT2D eigenvalue weighted by Crippen LogP contribution is 2.20. The van der Waals surface area contributed by atoms with Crippen LogP contribution in [0.25, 0.3) is 0 Å². The van der Waals surface area contributed by atoms with E-state index in [1.54, 1.807) is 19.1 Å². The highest BCUT2D eigenvalue weighted by Gasteiger charge is 2.16. The molecule has 2 aromatic rings. The summed E-state index contributed by atoms with van der Waals surface area (Å²) in [7, 11) is 0. The van der Waals surface area contributed by atoms with Crippen molar-refractivity contribution in [2.24, 2.45) is 0 Å². The maximum Gasteiger partial charge on any atom is 0.233 e. The number of amides is 1. The van der Waals surface area contributed by atoms with Crippen molar-refractivity contribution in [1.29, 1.82) is 0 Å². The molecule has 3 N–H and O–H groups in total. The molecule has 1 amide bonds. The minimum absolute atomic E-state index is 0.114. The fraction of sp³-hybridized carbons (Fsp3) is 0.250. The Bertz CT molecular complexity index is 567. The van der Waals surface area contributed by atoms with Crippen molar-refractivity contribution < 1.29 is 4.79 Å². The third-order valence-electron chi connectivity index (χ3n) is 2.56. The molecule has 1 heterocycles. The Labute approximate surface area is 109 Å². The Balaban J connectivity index is 2.09. The van der Waals surface area contributed by atoms with E-state index in [-0.39, 0.29) is 11.8 Å². The Morgan fingerprint density at radius 2 is 2.28 bits per heavy atom. The second kappa shape index (κ2) is 5.14. The van der Waals surface area contributed by atoms with E-state index in [2.05, 4.69) is 14.7 Å². The molecule has 6 heteroatoms. The molecule has 1 unspecified atom stereocenters. The lowest BCUT2D eigenvalue weighted by Gasteiger charge is -2.11. The summed E-state index contributed by atoms with van der Waals surface area (Å²) >= 11 is 1.18. The summed E-state index contributed by atoms with van der Waals surface area (Å²) in [5.74, 6) is 0.265. The molecule has 5 nitrogen and oxygen atoms in total. The molecule has 0 aliphatic heterocycles. The maximum atomic E-state index is 12.0. The summed E-state index contributed by atoms with van der Waals surface area (Å²) in [5.41, 5.74) is 7.24. The van der Waals surface area contributed by atoms with E-state index in [1.165, 1.54) is 11.5 Å². The monoisotopic (exact) mass is 262 g/mol. The smallest absolute Gasteiger partial charge is 0.233 e. The zero-order valence-electron chi connectivity index (χ0n) is 10.2. The summed E-state index contributed by atoms with van der Waals surface area (Å²) in [6.45, 7) is 3.62. The molecule has 1 aromatic heterocycles. The van der Waals surface area contributed by atoms with Crippen LogP contribution in [0.1, 0.15) is 24.2 Å². The lowest BCUT2D eigenvalue weighted by atomic mass is 10.00. The molecule has 94 valence electrons. The molecule has 0 saturated carbocycles. The van der Waals surface area contributed by atoms with Gasteiger partial charge in [0.1, 0.15) is 5.82 Å². The van der Waals surface area contributed by atoms with Crippen LogP contribution < -0.4 is 11.1 Å². The third kappa shape index (κ3) is 2.84. The van der Waals surface area contributed by atoms with E-state index in [1.807, 2.05) is 19.1 Å². The number of rotatable bonds is 3. The number of hydrogen-bond donors (Lipinski definition) is 2. The number of carbonyl (C=O) groups is 1. The van der Waals surface area contributed by atoms with Crippen molar-refractivity contribution in [3.05, 3.63) is 35.7 Å². The van der Waals surface area contributed by atoms with Gasteiger partial charge in [0.2, 0.25) is 11.0 Å². The van der Waals surface area contributed by atoms with Gasteiger partial charge in [0, 0.05) is 17.2 Å². The molecule has 1 aromatic carbocycles. The lowest BCUT2D eigenvalue weighted by molar-refractivity contribution is -0.117. The Morgan fingerprint density at radius 3 is 2.89 bits per heavy atom. The van der Waals surface area contributed by atoms with Crippen LogP contribution in [0.3, 0.4) is 0 Å². The Kier molecular flexibility index (Phi) is 3.57. The number of nitrogens with one attached hydrogen (secondary N) is 1. The van der Waals surface area contributed by atoms with Crippen LogP contribution in [-0.4, -0.2) is 15.3 Å². The molecule has 0 fully saturated rings. The first kappa shape index (κ1) is 12.5. The number of nitrogen functional groups attached to an aromatic ring is 1. The Hall–Kier alpha value is -1.95. The zero-order valence-corrected chi connectivity index (χ0v) is 11.0. The molecule has 0 saturated heterocycles. The van der Waals surface area contributed by atoms with Crippen LogP contribution in [0.5, 0.6) is 0 Å². The molecule has 0 aliphatic rings. The molecular weight excluding hydrogens is 248 g/mol. The quantitative estimate of drug-likeness (QED) is 0.831. The average molecular weight is 262 g/mol. The number of carbonyl (C=O) groups excluding carboxylic acids is 1. The van der Waals surface area contributed by atoms with Gasteiger partial charge in [0.25, 0.3) is 0 Å². The SMILES string of the molecule is Cc1nsc(NC(=O)C(C)c2cccc(N)c2)n1. The molecule has 18 heavy (non-hydrogen) atoms. The van der Waals surface area contributed by atoms with Crippen LogP contribution in [0, 0.1) is 6.92 Å². The summed E-state index contributed by atoms with van der Waals surface area (Å²) < 4.78 is 4.01. The van der Waals surface area contributed by atoms with Gasteiger partial charge in [-0.1, -0.05) is 12.1 Å². The highest BCUT2D eigenvalue weighted by atomic mass is 32.1. The number of aryl methyl sites for hydroxylation is 1. The van der Waals surface area contributed by atoms with Gasteiger partial charge in [-0.25, -0.2) is 4.98 Å². The average Bonchev–Trinajstić information content (AvgIpc) is 2.73. The fourth-order valence-electron chi connectivity index (χ4n) is 1.54. The number of nitrogens with two attached hydrogens (primary N) is 1. The number of aromatic nitrogens is 2. The molecular formula is C12H14N4OS. The van der Waals surface area contributed by atoms with E-state index in [9.17, 15) is 4.79 Å². The summed E-state index contributed by atoms with van der Waals surface area (Å²) in [6, 6.07) is 7.31. The minimum Gasteiger partial charge on any atom is -0.399 e. The van der Waals surface area contributed by atoms with E-state index in [4.69, 9.17) is 5.73 Å². The van der Waals surface area contributed by atoms with Gasteiger partial charge in [-0.05, 0) is 31.5 Å². The number of nitrogens with zero attached hydrogens (tertiary/aromatic N) is 2.